The molecule has 0 saturated carbocycles. The first-order valence-corrected chi connectivity index (χ1v) is 4.63. The highest BCUT2D eigenvalue weighted by atomic mass is 16.5. The van der Waals surface area contributed by atoms with Gasteiger partial charge < -0.3 is 9.84 Å². The zero-order valence-electron chi connectivity index (χ0n) is 8.86. The van der Waals surface area contributed by atoms with E-state index >= 15 is 0 Å². The minimum absolute atomic E-state index is 0.0902. The van der Waals surface area contributed by atoms with Gasteiger partial charge >= 0.3 is 5.97 Å². The Morgan fingerprint density at radius 2 is 2.18 bits per heavy atom. The Morgan fingerprint density at radius 1 is 1.35 bits per heavy atom. The van der Waals surface area contributed by atoms with Gasteiger partial charge in [-0.05, 0) is 6.07 Å². The highest BCUT2D eigenvalue weighted by molar-refractivity contribution is 5.85. The Balaban J connectivity index is 2.45. The Bertz CT molecular complexity index is 559. The summed E-state index contributed by atoms with van der Waals surface area (Å²) >= 11 is 0. The van der Waals surface area contributed by atoms with Crippen molar-refractivity contribution in [2.45, 2.75) is 0 Å². The number of nitrogens with zero attached hydrogens (tertiary/aromatic N) is 4. The van der Waals surface area contributed by atoms with E-state index in [2.05, 4.69) is 19.9 Å². The molecule has 0 aliphatic heterocycles. The van der Waals surface area contributed by atoms with Crippen LogP contribution in [-0.2, 0) is 0 Å². The van der Waals surface area contributed by atoms with Crippen LogP contribution in [-0.4, -0.2) is 38.1 Å². The lowest BCUT2D eigenvalue weighted by Crippen LogP contribution is -2.03. The molecule has 0 spiro atoms. The molecule has 2 aromatic rings. The fourth-order valence-electron chi connectivity index (χ4n) is 1.17. The second kappa shape index (κ2) is 4.52. The maximum Gasteiger partial charge on any atom is 0.354 e. The number of rotatable bonds is 3. The maximum atomic E-state index is 10.8. The lowest BCUT2D eigenvalue weighted by Gasteiger charge is -2.01. The van der Waals surface area contributed by atoms with Gasteiger partial charge in [0.2, 0.25) is 5.88 Å². The monoisotopic (exact) mass is 232 g/mol. The molecule has 2 heterocycles. The quantitative estimate of drug-likeness (QED) is 0.828. The lowest BCUT2D eigenvalue weighted by molar-refractivity contribution is 0.0690. The second-order valence-corrected chi connectivity index (χ2v) is 3.02. The van der Waals surface area contributed by atoms with E-state index in [4.69, 9.17) is 9.84 Å². The van der Waals surface area contributed by atoms with Gasteiger partial charge in [0.05, 0.1) is 7.11 Å². The number of carbonyl (C=O) groups is 1. The molecule has 0 atom stereocenters. The molecule has 0 bridgehead atoms. The summed E-state index contributed by atoms with van der Waals surface area (Å²) in [5, 5.41) is 8.81. The molecule has 0 fully saturated rings. The van der Waals surface area contributed by atoms with Crippen LogP contribution < -0.4 is 4.74 Å². The van der Waals surface area contributed by atoms with Gasteiger partial charge in [-0.15, -0.1) is 0 Å². The van der Waals surface area contributed by atoms with Crippen molar-refractivity contribution >= 4 is 5.97 Å². The number of aromatic nitrogens is 4. The van der Waals surface area contributed by atoms with Gasteiger partial charge in [-0.3, -0.25) is 0 Å². The molecule has 0 saturated heterocycles. The fourth-order valence-corrected chi connectivity index (χ4v) is 1.17. The summed E-state index contributed by atoms with van der Waals surface area (Å²) in [5.74, 6) is -0.542. The van der Waals surface area contributed by atoms with E-state index in [-0.39, 0.29) is 11.5 Å². The highest BCUT2D eigenvalue weighted by Crippen LogP contribution is 2.15. The van der Waals surface area contributed by atoms with Crippen LogP contribution >= 0.6 is 0 Å². The third-order valence-corrected chi connectivity index (χ3v) is 1.95. The normalized spacial score (nSPS) is 9.94. The van der Waals surface area contributed by atoms with Crippen LogP contribution in [0.4, 0.5) is 0 Å². The maximum absolute atomic E-state index is 10.8. The average molecular weight is 232 g/mol. The van der Waals surface area contributed by atoms with Crippen molar-refractivity contribution in [2.75, 3.05) is 7.11 Å². The lowest BCUT2D eigenvalue weighted by atomic mass is 10.3. The Morgan fingerprint density at radius 3 is 2.88 bits per heavy atom. The SMILES string of the molecule is COc1cc(-c2nccc(C(=O)O)n2)ncn1. The molecule has 86 valence electrons. The average Bonchev–Trinajstić information content (AvgIpc) is 2.39. The third-order valence-electron chi connectivity index (χ3n) is 1.95. The van der Waals surface area contributed by atoms with Crippen molar-refractivity contribution in [2.24, 2.45) is 0 Å². The number of methoxy groups -OCH3 is 1. The minimum Gasteiger partial charge on any atom is -0.481 e. The molecule has 0 aliphatic rings. The molecule has 0 unspecified atom stereocenters. The Hall–Kier alpha value is -2.57. The van der Waals surface area contributed by atoms with E-state index in [1.165, 1.54) is 31.8 Å². The molecular formula is C10H8N4O3. The van der Waals surface area contributed by atoms with Gasteiger partial charge in [0.25, 0.3) is 0 Å². The van der Waals surface area contributed by atoms with Gasteiger partial charge in [0, 0.05) is 12.3 Å². The van der Waals surface area contributed by atoms with Crippen LogP contribution in [0.15, 0.2) is 24.7 Å². The number of ether oxygens (including phenoxy) is 1. The van der Waals surface area contributed by atoms with E-state index in [9.17, 15) is 4.79 Å². The van der Waals surface area contributed by atoms with E-state index in [0.717, 1.165) is 0 Å². The molecule has 7 nitrogen and oxygen atoms in total. The number of carboxylic acid groups (broad SMARTS) is 1. The van der Waals surface area contributed by atoms with E-state index in [1.807, 2.05) is 0 Å². The number of carboxylic acids is 1. The highest BCUT2D eigenvalue weighted by Gasteiger charge is 2.09. The van der Waals surface area contributed by atoms with Gasteiger partial charge in [-0.25, -0.2) is 24.7 Å². The van der Waals surface area contributed by atoms with Crippen molar-refractivity contribution in [3.63, 3.8) is 0 Å². The molecular weight excluding hydrogens is 224 g/mol. The third kappa shape index (κ3) is 2.33. The van der Waals surface area contributed by atoms with Crippen LogP contribution in [0.5, 0.6) is 5.88 Å². The smallest absolute Gasteiger partial charge is 0.354 e. The van der Waals surface area contributed by atoms with Crippen molar-refractivity contribution in [1.29, 1.82) is 0 Å². The molecule has 2 aromatic heterocycles. The summed E-state index contributed by atoms with van der Waals surface area (Å²) < 4.78 is 4.93. The van der Waals surface area contributed by atoms with Gasteiger partial charge in [-0.1, -0.05) is 0 Å². The predicted octanol–water partition coefficient (Wildman–Crippen LogP) is 0.640. The first kappa shape index (κ1) is 10.9. The van der Waals surface area contributed by atoms with Crippen molar-refractivity contribution in [1.82, 2.24) is 19.9 Å². The summed E-state index contributed by atoms with van der Waals surface area (Å²) in [5.41, 5.74) is 0.313. The largest absolute Gasteiger partial charge is 0.481 e. The summed E-state index contributed by atoms with van der Waals surface area (Å²) in [6.07, 6.45) is 2.66. The van der Waals surface area contributed by atoms with Gasteiger partial charge in [0.15, 0.2) is 11.5 Å². The summed E-state index contributed by atoms with van der Waals surface area (Å²) in [6.45, 7) is 0. The number of hydrogen-bond donors (Lipinski definition) is 1. The molecule has 7 heteroatoms. The number of aromatic carboxylic acids is 1. The molecule has 2 rings (SSSR count). The molecule has 0 aliphatic carbocycles. The van der Waals surface area contributed by atoms with Crippen LogP contribution in [0, 0.1) is 0 Å². The Labute approximate surface area is 96.2 Å². The first-order chi connectivity index (χ1) is 8.20. The van der Waals surface area contributed by atoms with E-state index in [1.54, 1.807) is 0 Å². The minimum atomic E-state index is -1.12. The molecule has 17 heavy (non-hydrogen) atoms. The van der Waals surface area contributed by atoms with E-state index in [0.29, 0.717) is 11.6 Å². The van der Waals surface area contributed by atoms with Gasteiger partial charge in [0.1, 0.15) is 12.0 Å². The first-order valence-electron chi connectivity index (χ1n) is 4.63. The van der Waals surface area contributed by atoms with Crippen LogP contribution in [0.3, 0.4) is 0 Å². The second-order valence-electron chi connectivity index (χ2n) is 3.02. The summed E-state index contributed by atoms with van der Waals surface area (Å²) in [7, 11) is 1.47. The topological polar surface area (TPSA) is 98.1 Å². The summed E-state index contributed by atoms with van der Waals surface area (Å²) in [4.78, 5) is 26.4. The molecule has 0 aromatic carbocycles. The zero-order valence-corrected chi connectivity index (χ0v) is 8.86. The fraction of sp³-hybridized carbons (Fsp3) is 0.100. The van der Waals surface area contributed by atoms with Gasteiger partial charge in [-0.2, -0.15) is 0 Å². The zero-order chi connectivity index (χ0) is 12.3. The van der Waals surface area contributed by atoms with Crippen LogP contribution in [0.1, 0.15) is 10.5 Å². The standard InChI is InChI=1S/C10H8N4O3/c1-17-8-4-7(12-5-13-8)9-11-3-2-6(14-9)10(15)16/h2-5H,1H3,(H,15,16). The summed E-state index contributed by atoms with van der Waals surface area (Å²) in [6, 6.07) is 2.84. The van der Waals surface area contributed by atoms with Crippen LogP contribution in [0.25, 0.3) is 11.5 Å². The molecule has 0 radical (unpaired) electrons. The van der Waals surface area contributed by atoms with Crippen molar-refractivity contribution in [3.05, 3.63) is 30.4 Å². The van der Waals surface area contributed by atoms with Crippen molar-refractivity contribution < 1.29 is 14.6 Å². The Kier molecular flexibility index (Phi) is 2.91. The predicted molar refractivity (Wildman–Crippen MR) is 56.6 cm³/mol. The number of hydrogen-bond acceptors (Lipinski definition) is 6. The van der Waals surface area contributed by atoms with E-state index < -0.39 is 5.97 Å². The van der Waals surface area contributed by atoms with Crippen molar-refractivity contribution in [3.8, 4) is 17.4 Å². The molecule has 1 N–H and O–H groups in total. The molecule has 0 amide bonds. The van der Waals surface area contributed by atoms with Crippen LogP contribution in [0.2, 0.25) is 0 Å².